The van der Waals surface area contributed by atoms with Crippen molar-refractivity contribution in [3.8, 4) is 0 Å². The first-order valence-electron chi connectivity index (χ1n) is 9.48. The average molecular weight is 1000 g/mol. The van der Waals surface area contributed by atoms with E-state index in [4.69, 9.17) is 0 Å². The lowest BCUT2D eigenvalue weighted by molar-refractivity contribution is 1.11. The topological polar surface area (TPSA) is 0 Å². The molecule has 0 spiro atoms. The Morgan fingerprint density at radius 1 is 0.382 bits per heavy atom. The molecule has 0 saturated carbocycles. The van der Waals surface area contributed by atoms with Crippen LogP contribution in [0.1, 0.15) is 0 Å². The third kappa shape index (κ3) is 4.60. The van der Waals surface area contributed by atoms with Gasteiger partial charge >= 0.3 is 0 Å². The summed E-state index contributed by atoms with van der Waals surface area (Å²) in [5.41, 5.74) is 0. The van der Waals surface area contributed by atoms with Crippen LogP contribution in [0.25, 0.3) is 35.1 Å². The minimum atomic E-state index is 0.930. The SMILES string of the molecule is BrC(Br)=c1c2c(c(=C(Br)Br)c3ccccc13)Sc1c(c(=C(Br)Br)c3ccccc3c1=C(Br)Br)S2. The molecule has 4 aromatic carbocycles. The first kappa shape index (κ1) is 27.0. The largest absolute Gasteiger partial charge is 0.0862 e. The summed E-state index contributed by atoms with van der Waals surface area (Å²) < 4.78 is 3.72. The van der Waals surface area contributed by atoms with Gasteiger partial charge in [-0.1, -0.05) is 72.1 Å². The van der Waals surface area contributed by atoms with E-state index in [2.05, 4.69) is 176 Å². The Labute approximate surface area is 271 Å². The zero-order valence-electron chi connectivity index (χ0n) is 16.5. The van der Waals surface area contributed by atoms with E-state index in [1.807, 2.05) is 0 Å². The molecule has 34 heavy (non-hydrogen) atoms. The summed E-state index contributed by atoms with van der Waals surface area (Å²) in [5, 5.41) is 9.27. The van der Waals surface area contributed by atoms with Crippen LogP contribution in [0.15, 0.2) is 68.1 Å². The normalized spacial score (nSPS) is 12.5. The second-order valence-corrected chi connectivity index (χ2v) is 19.8. The van der Waals surface area contributed by atoms with Crippen LogP contribution in [0.4, 0.5) is 0 Å². The quantitative estimate of drug-likeness (QED) is 0.152. The summed E-state index contributed by atoms with van der Waals surface area (Å²) >= 11 is 33.6. The number of benzene rings is 4. The molecule has 1 heterocycles. The van der Waals surface area contributed by atoms with Crippen LogP contribution < -0.4 is 20.9 Å². The van der Waals surface area contributed by atoms with Crippen molar-refractivity contribution in [3.63, 3.8) is 0 Å². The molecule has 1 aliphatic rings. The number of halogens is 8. The van der Waals surface area contributed by atoms with Gasteiger partial charge in [0.15, 0.2) is 0 Å². The summed E-state index contributed by atoms with van der Waals surface area (Å²) in [6.07, 6.45) is 0. The van der Waals surface area contributed by atoms with Crippen molar-refractivity contribution >= 4 is 186 Å². The van der Waals surface area contributed by atoms with Gasteiger partial charge in [0.05, 0.1) is 13.6 Å². The minimum absolute atomic E-state index is 0.930. The Bertz CT molecular complexity index is 1520. The lowest BCUT2D eigenvalue weighted by atomic mass is 10.1. The molecule has 0 fully saturated rings. The molecule has 0 nitrogen and oxygen atoms in total. The maximum Gasteiger partial charge on any atom is 0.0694 e. The molecule has 172 valence electrons. The molecule has 5 rings (SSSR count). The minimum Gasteiger partial charge on any atom is -0.0862 e. The van der Waals surface area contributed by atoms with Crippen molar-refractivity contribution in [1.82, 2.24) is 0 Å². The van der Waals surface area contributed by atoms with E-state index in [1.54, 1.807) is 23.5 Å². The summed E-state index contributed by atoms with van der Waals surface area (Å²) in [4.78, 5) is 4.78. The van der Waals surface area contributed by atoms with Crippen molar-refractivity contribution in [1.29, 1.82) is 0 Å². The fourth-order valence-corrected chi connectivity index (χ4v) is 11.4. The average Bonchev–Trinajstić information content (AvgIpc) is 2.78. The smallest absolute Gasteiger partial charge is 0.0694 e. The number of hydrogen-bond acceptors (Lipinski definition) is 2. The van der Waals surface area contributed by atoms with E-state index in [1.165, 1.54) is 41.1 Å². The molecule has 10 heteroatoms. The van der Waals surface area contributed by atoms with E-state index < -0.39 is 0 Å². The van der Waals surface area contributed by atoms with Crippen molar-refractivity contribution in [2.45, 2.75) is 19.6 Å². The fourth-order valence-electron chi connectivity index (χ4n) is 4.13. The molecule has 1 aliphatic heterocycles. The summed E-state index contributed by atoms with van der Waals surface area (Å²) in [5.74, 6) is 0. The Morgan fingerprint density at radius 2 is 0.588 bits per heavy atom. The van der Waals surface area contributed by atoms with Gasteiger partial charge in [-0.3, -0.25) is 0 Å². The van der Waals surface area contributed by atoms with Crippen LogP contribution in [0, 0.1) is 0 Å². The van der Waals surface area contributed by atoms with Crippen LogP contribution in [0.2, 0.25) is 0 Å². The molecule has 0 N–H and O–H groups in total. The van der Waals surface area contributed by atoms with Crippen LogP contribution in [0.5, 0.6) is 0 Å². The molecule has 0 unspecified atom stereocenters. The Morgan fingerprint density at radius 3 is 0.765 bits per heavy atom. The lowest BCUT2D eigenvalue weighted by Crippen LogP contribution is -2.26. The highest BCUT2D eigenvalue weighted by atomic mass is 79.9. The van der Waals surface area contributed by atoms with Gasteiger partial charge in [0.2, 0.25) is 0 Å². The first-order valence-corrected chi connectivity index (χ1v) is 17.5. The van der Waals surface area contributed by atoms with Gasteiger partial charge in [-0.25, -0.2) is 0 Å². The molecule has 0 atom stereocenters. The standard InChI is InChI=1S/C24H8Br8S2/c25-21(26)13-9-5-1-2-6-10(9)14(22(27)28)18-17(13)33-19-15(23(29)30)11-7-3-4-8-12(11)16(24(31)32)20(19)34-18/h1-8H. The highest BCUT2D eigenvalue weighted by molar-refractivity contribution is 9.34. The molecule has 0 saturated heterocycles. The number of rotatable bonds is 0. The predicted octanol–water partition coefficient (Wildman–Crippen LogP) is 10.0. The van der Waals surface area contributed by atoms with E-state index in [0.29, 0.717) is 0 Å². The Hall–Kier alpha value is 1.42. The Kier molecular flexibility index (Phi) is 8.65. The predicted molar refractivity (Wildman–Crippen MR) is 180 cm³/mol. The first-order chi connectivity index (χ1) is 16.2. The molecule has 0 aliphatic carbocycles. The summed E-state index contributed by atoms with van der Waals surface area (Å²) in [7, 11) is 0. The number of fused-ring (bicyclic) bond motifs is 4. The highest BCUT2D eigenvalue weighted by Crippen LogP contribution is 2.46. The molecule has 4 aromatic rings. The van der Waals surface area contributed by atoms with Gasteiger partial charge in [0.25, 0.3) is 0 Å². The van der Waals surface area contributed by atoms with Crippen molar-refractivity contribution in [2.75, 3.05) is 0 Å². The second-order valence-electron chi connectivity index (χ2n) is 7.15. The van der Waals surface area contributed by atoms with Crippen LogP contribution in [-0.4, -0.2) is 0 Å². The van der Waals surface area contributed by atoms with E-state index >= 15 is 0 Å². The van der Waals surface area contributed by atoms with Crippen LogP contribution in [-0.2, 0) is 0 Å². The van der Waals surface area contributed by atoms with Crippen LogP contribution in [0.3, 0.4) is 0 Å². The highest BCUT2D eigenvalue weighted by Gasteiger charge is 2.27. The van der Waals surface area contributed by atoms with Gasteiger partial charge in [-0.15, -0.1) is 0 Å². The molecular formula is C24H8Br8S2. The number of hydrogen-bond donors (Lipinski definition) is 0. The third-order valence-corrected chi connectivity index (χ3v) is 11.3. The van der Waals surface area contributed by atoms with Gasteiger partial charge < -0.3 is 0 Å². The van der Waals surface area contributed by atoms with Crippen LogP contribution >= 0.6 is 151 Å². The molecule has 0 radical (unpaired) electrons. The zero-order chi connectivity index (χ0) is 24.3. The van der Waals surface area contributed by atoms with Gasteiger partial charge in [0.1, 0.15) is 0 Å². The Balaban J connectivity index is 2.09. The zero-order valence-corrected chi connectivity index (χ0v) is 30.8. The van der Waals surface area contributed by atoms with Crippen molar-refractivity contribution in [3.05, 3.63) is 69.4 Å². The maximum absolute atomic E-state index is 3.75. The summed E-state index contributed by atoms with van der Waals surface area (Å²) in [6.45, 7) is 0. The van der Waals surface area contributed by atoms with Crippen molar-refractivity contribution in [2.24, 2.45) is 0 Å². The van der Waals surface area contributed by atoms with Gasteiger partial charge in [-0.2, -0.15) is 0 Å². The van der Waals surface area contributed by atoms with Gasteiger partial charge in [0, 0.05) is 40.5 Å². The maximum atomic E-state index is 3.75. The molecular weight excluding hydrogens is 992 g/mol. The second kappa shape index (κ2) is 10.9. The molecule has 0 amide bonds. The van der Waals surface area contributed by atoms with E-state index in [9.17, 15) is 0 Å². The third-order valence-electron chi connectivity index (χ3n) is 5.42. The lowest BCUT2D eigenvalue weighted by Gasteiger charge is -2.24. The molecule has 0 aromatic heterocycles. The summed E-state index contributed by atoms with van der Waals surface area (Å²) in [6, 6.07) is 17.0. The van der Waals surface area contributed by atoms with Gasteiger partial charge in [-0.05, 0) is 149 Å². The van der Waals surface area contributed by atoms with E-state index in [-0.39, 0.29) is 0 Å². The monoisotopic (exact) mass is 991 g/mol. The van der Waals surface area contributed by atoms with Crippen molar-refractivity contribution < 1.29 is 0 Å². The fraction of sp³-hybridized carbons (Fsp3) is 0. The molecule has 0 bridgehead atoms. The van der Waals surface area contributed by atoms with E-state index in [0.717, 1.165) is 34.4 Å².